The Hall–Kier alpha value is -11.4. The molecule has 0 spiro atoms. The smallest absolute Gasteiger partial charge is 0.263 e. The molecule has 6 atom stereocenters. The number of nitrogens with zero attached hydrogens (tertiary/aromatic N) is 8. The number of aliphatic hydroxyl groups is 1. The summed E-state index contributed by atoms with van der Waals surface area (Å²) in [5, 5.41) is 16.8. The number of rotatable bonds is 28. The maximum atomic E-state index is 13.0. The first-order chi connectivity index (χ1) is 52.9. The van der Waals surface area contributed by atoms with Crippen molar-refractivity contribution in [3.63, 3.8) is 0 Å². The fraction of sp³-hybridized carbons (Fsp3) is 0.286. The summed E-state index contributed by atoms with van der Waals surface area (Å²) in [6.07, 6.45) is 3.26. The molecule has 3 N–H and O–H groups in total. The van der Waals surface area contributed by atoms with Crippen molar-refractivity contribution < 1.29 is 66.5 Å². The summed E-state index contributed by atoms with van der Waals surface area (Å²) < 4.78 is 71.6. The number of carbonyl (C=O) groups excluding carboxylic acids is 2. The molecule has 109 heavy (non-hydrogen) atoms. The number of amides is 2. The molecular formula is C84H88N10O14Si. The Morgan fingerprint density at radius 2 is 0.789 bits per heavy atom. The van der Waals surface area contributed by atoms with Gasteiger partial charge >= 0.3 is 0 Å². The molecule has 0 radical (unpaired) electrons. The molecule has 2 aliphatic heterocycles. The average Bonchev–Trinajstić information content (AvgIpc) is 1.47. The van der Waals surface area contributed by atoms with Gasteiger partial charge in [-0.1, -0.05) is 166 Å². The highest BCUT2D eigenvalue weighted by molar-refractivity contribution is 6.74. The van der Waals surface area contributed by atoms with Crippen LogP contribution in [-0.2, 0) is 44.2 Å². The van der Waals surface area contributed by atoms with E-state index in [1.165, 1.54) is 19.0 Å². The second-order valence-corrected chi connectivity index (χ2v) is 32.5. The quantitative estimate of drug-likeness (QED) is 0.0304. The highest BCUT2D eigenvalue weighted by Crippen LogP contribution is 2.47. The van der Waals surface area contributed by atoms with Crippen LogP contribution < -0.4 is 39.1 Å². The summed E-state index contributed by atoms with van der Waals surface area (Å²) in [7, 11) is 4.27. The third kappa shape index (κ3) is 16.8. The molecule has 2 aliphatic rings. The lowest BCUT2D eigenvalue weighted by atomic mass is 9.80. The number of ether oxygens (including phenoxy) is 10. The predicted octanol–water partition coefficient (Wildman–Crippen LogP) is 14.1. The molecule has 0 saturated carbocycles. The molecule has 25 heteroatoms. The Morgan fingerprint density at radius 3 is 1.16 bits per heavy atom. The Labute approximate surface area is 633 Å². The van der Waals surface area contributed by atoms with E-state index in [1.807, 2.05) is 187 Å². The number of fused-ring (bicyclic) bond motifs is 2. The summed E-state index contributed by atoms with van der Waals surface area (Å²) in [6.45, 7) is 11.1. The molecular weight excluding hydrogens is 1400 g/mol. The number of anilines is 2. The minimum atomic E-state index is -2.31. The van der Waals surface area contributed by atoms with E-state index in [-0.39, 0.29) is 61.2 Å². The lowest BCUT2D eigenvalue weighted by molar-refractivity contribution is -0.118. The third-order valence-electron chi connectivity index (χ3n) is 19.9. The number of methoxy groups -OCH3 is 4. The minimum absolute atomic E-state index is 0.0597. The maximum absolute atomic E-state index is 13.0. The molecule has 4 aromatic heterocycles. The predicted molar refractivity (Wildman–Crippen MR) is 413 cm³/mol. The highest BCUT2D eigenvalue weighted by atomic mass is 28.4. The van der Waals surface area contributed by atoms with Crippen molar-refractivity contribution >= 4 is 54.1 Å². The molecule has 0 aliphatic carbocycles. The van der Waals surface area contributed by atoms with Crippen LogP contribution in [0.5, 0.6) is 34.5 Å². The molecule has 2 saturated heterocycles. The number of imidazole rings is 2. The van der Waals surface area contributed by atoms with Crippen molar-refractivity contribution in [3.05, 3.63) is 277 Å². The second-order valence-electron chi connectivity index (χ2n) is 27.8. The van der Waals surface area contributed by atoms with E-state index in [2.05, 4.69) is 86.5 Å². The molecule has 2 amide bonds. The molecule has 0 bridgehead atoms. The summed E-state index contributed by atoms with van der Waals surface area (Å²) in [6, 6.07) is 69.9. The van der Waals surface area contributed by atoms with Crippen LogP contribution in [0.4, 0.5) is 11.6 Å². The van der Waals surface area contributed by atoms with Crippen LogP contribution in [0.3, 0.4) is 0 Å². The Balaban J connectivity index is 0.000000193. The topological polar surface area (TPSA) is 267 Å². The molecule has 6 heterocycles. The van der Waals surface area contributed by atoms with E-state index >= 15 is 0 Å². The number of para-hydroxylation sites is 2. The van der Waals surface area contributed by atoms with Crippen LogP contribution in [0, 0.1) is 0 Å². The number of benzene rings is 8. The molecule has 8 aromatic carbocycles. The van der Waals surface area contributed by atoms with Crippen LogP contribution >= 0.6 is 0 Å². The van der Waals surface area contributed by atoms with E-state index in [0.717, 1.165) is 56.4 Å². The molecule has 562 valence electrons. The first kappa shape index (κ1) is 75.8. The van der Waals surface area contributed by atoms with E-state index in [9.17, 15) is 14.7 Å². The largest absolute Gasteiger partial charge is 0.497 e. The highest BCUT2D eigenvalue weighted by Gasteiger charge is 2.48. The second kappa shape index (κ2) is 33.8. The van der Waals surface area contributed by atoms with Crippen molar-refractivity contribution in [3.8, 4) is 34.5 Å². The van der Waals surface area contributed by atoms with E-state index in [4.69, 9.17) is 51.8 Å². The van der Waals surface area contributed by atoms with Crippen molar-refractivity contribution in [2.75, 3.05) is 65.5 Å². The molecule has 14 rings (SSSR count). The van der Waals surface area contributed by atoms with Gasteiger partial charge in [-0.2, -0.15) is 0 Å². The van der Waals surface area contributed by atoms with Crippen LogP contribution in [-0.4, -0.2) is 144 Å². The van der Waals surface area contributed by atoms with Crippen LogP contribution in [0.2, 0.25) is 18.1 Å². The Kier molecular flexibility index (Phi) is 23.5. The van der Waals surface area contributed by atoms with Gasteiger partial charge < -0.3 is 67.5 Å². The number of carbonyl (C=O) groups is 2. The maximum Gasteiger partial charge on any atom is 0.263 e. The zero-order valence-electron chi connectivity index (χ0n) is 62.1. The van der Waals surface area contributed by atoms with Crippen molar-refractivity contribution in [2.24, 2.45) is 0 Å². The summed E-state index contributed by atoms with van der Waals surface area (Å²) in [5.74, 6) is 3.82. The average molecular weight is 1490 g/mol. The van der Waals surface area contributed by atoms with E-state index in [0.29, 0.717) is 46.7 Å². The van der Waals surface area contributed by atoms with Crippen LogP contribution in [0.1, 0.15) is 79.4 Å². The summed E-state index contributed by atoms with van der Waals surface area (Å²) in [4.78, 5) is 52.4. The van der Waals surface area contributed by atoms with Gasteiger partial charge in [0.1, 0.15) is 64.5 Å². The van der Waals surface area contributed by atoms with Gasteiger partial charge in [-0.05, 0) is 124 Å². The summed E-state index contributed by atoms with van der Waals surface area (Å²) >= 11 is 0. The van der Waals surface area contributed by atoms with Gasteiger partial charge in [0, 0.05) is 12.8 Å². The van der Waals surface area contributed by atoms with Crippen molar-refractivity contribution in [1.29, 1.82) is 0 Å². The third-order valence-corrected chi connectivity index (χ3v) is 24.4. The van der Waals surface area contributed by atoms with Crippen LogP contribution in [0.25, 0.3) is 22.3 Å². The van der Waals surface area contributed by atoms with Gasteiger partial charge in [-0.3, -0.25) is 18.7 Å². The number of nitrogens with one attached hydrogen (secondary N) is 2. The molecule has 12 aromatic rings. The SMILES string of the molecule is COc1ccc(C(OC[C@@H]2C[C@@H](O)[C@H](n3cnc4c(NC(=O)COc5ccccc5)ncnc43)O2)(c2ccccc2)c2ccc(OC)cc2)cc1.COc1ccc(C(OC[C@@H]2C[C@@H](O[Si](C)(C)C(C)(C)C)[C@H](n3cnc4c(NC(=O)COc5ccccc5)ncnc43)O2)(c2ccccc2)c2ccc(OC)cc2)cc1. The number of aromatic nitrogens is 8. The number of hydrogen-bond donors (Lipinski definition) is 3. The van der Waals surface area contributed by atoms with Gasteiger partial charge in [-0.25, -0.2) is 29.9 Å². The van der Waals surface area contributed by atoms with Gasteiger partial charge in [0.25, 0.3) is 11.8 Å². The first-order valence-electron chi connectivity index (χ1n) is 35.8. The zero-order valence-corrected chi connectivity index (χ0v) is 63.1. The lowest BCUT2D eigenvalue weighted by Crippen LogP contribution is -2.45. The van der Waals surface area contributed by atoms with Crippen molar-refractivity contribution in [2.45, 2.75) is 99.8 Å². The fourth-order valence-electron chi connectivity index (χ4n) is 13.3. The lowest BCUT2D eigenvalue weighted by Gasteiger charge is -2.39. The van der Waals surface area contributed by atoms with E-state index < -0.39 is 50.1 Å². The molecule has 0 unspecified atom stereocenters. The van der Waals surface area contributed by atoms with Crippen LogP contribution in [0.15, 0.2) is 244 Å². The first-order valence-corrected chi connectivity index (χ1v) is 38.8. The van der Waals surface area contributed by atoms with E-state index in [1.54, 1.807) is 63.6 Å². The monoisotopic (exact) mass is 1490 g/mol. The normalized spacial score (nSPS) is 17.3. The Bertz CT molecular complexity index is 4870. The molecule has 2 fully saturated rings. The fourth-order valence-corrected chi connectivity index (χ4v) is 14.7. The standard InChI is InChI=1S/C45H51N5O7Si.C39H37N5O7/c1-44(2,3)58(6,7)57-38-26-37(56-43(38)50-30-48-40-41(46-29-47-42(40)50)49-39(51)28-54-36-16-12-9-13-17-36)27-55-45(31-14-10-8-11-15-31,32-18-22-34(52-4)23-19-32)33-20-24-35(53-5)25-21-33;1-47-29-17-13-27(14-18-29)39(26-9-5-3-6-10-26,28-15-19-30(48-2)20-16-28)50-22-32-21-33(45)38(51-32)44-25-42-35-36(40-24-41-37(35)44)43-34(46)23-49-31-11-7-4-8-12-31/h8-25,29-30,37-38,43H,26-28H2,1-7H3,(H,46,47,49,51);3-20,24-25,32-33,38,45H,21-23H2,1-2H3,(H,40,41,43,46)/t37-,38+,43+;32-,33+,38+/m00/s1. The number of aliphatic hydroxyl groups excluding tert-OH is 1. The summed E-state index contributed by atoms with van der Waals surface area (Å²) in [5.41, 5.74) is 5.09. The van der Waals surface area contributed by atoms with Gasteiger partial charge in [0.05, 0.1) is 72.6 Å². The van der Waals surface area contributed by atoms with Gasteiger partial charge in [-0.15, -0.1) is 0 Å². The van der Waals surface area contributed by atoms with Gasteiger partial charge in [0.2, 0.25) is 0 Å². The molecule has 24 nitrogen and oxygen atoms in total. The zero-order chi connectivity index (χ0) is 76.1. The van der Waals surface area contributed by atoms with Gasteiger partial charge in [0.15, 0.2) is 68.0 Å². The minimum Gasteiger partial charge on any atom is -0.497 e. The Morgan fingerprint density at radius 1 is 0.450 bits per heavy atom. The van der Waals surface area contributed by atoms with Crippen molar-refractivity contribution in [1.82, 2.24) is 39.0 Å². The number of hydrogen-bond acceptors (Lipinski definition) is 20.